The highest BCUT2D eigenvalue weighted by molar-refractivity contribution is 6.87. The van der Waals surface area contributed by atoms with Gasteiger partial charge in [0.2, 0.25) is 0 Å². The molecular formula is C29H48O5Si2. The standard InChI is InChI=1S/C29H48O5Si2/c1-11-36(12-2,13-3)17-15-25-29(33-25,26-21-31-28(7,8)32-26)16-14-22-18-24(19-23(22)20-30)34-35(9,10)27(4,5)6/h18,23-26,30H,11-13,19-21H2,1-10H3/t23-,24-,25-,26-,29+/m1/s1. The molecule has 0 bridgehead atoms. The first-order valence-electron chi connectivity index (χ1n) is 13.7. The average Bonchev–Trinajstić information content (AvgIpc) is 3.18. The number of aliphatic hydroxyl groups excluding tert-OH is 1. The second-order valence-electron chi connectivity index (χ2n) is 12.6. The molecule has 2 aliphatic heterocycles. The van der Waals surface area contributed by atoms with Crippen molar-refractivity contribution in [2.24, 2.45) is 5.92 Å². The predicted octanol–water partition coefficient (Wildman–Crippen LogP) is 5.66. The van der Waals surface area contributed by atoms with Crippen LogP contribution < -0.4 is 0 Å². The van der Waals surface area contributed by atoms with Crippen LogP contribution in [-0.2, 0) is 18.6 Å². The van der Waals surface area contributed by atoms with Crippen molar-refractivity contribution >= 4 is 16.4 Å². The molecule has 2 fully saturated rings. The number of epoxide rings is 1. The van der Waals surface area contributed by atoms with Crippen molar-refractivity contribution in [2.45, 2.75) is 128 Å². The predicted molar refractivity (Wildman–Crippen MR) is 151 cm³/mol. The monoisotopic (exact) mass is 532 g/mol. The van der Waals surface area contributed by atoms with Crippen LogP contribution in [0.1, 0.15) is 61.8 Å². The Balaban J connectivity index is 1.89. The van der Waals surface area contributed by atoms with E-state index in [9.17, 15) is 5.11 Å². The molecule has 0 amide bonds. The topological polar surface area (TPSA) is 60.5 Å². The van der Waals surface area contributed by atoms with Gasteiger partial charge in [-0.25, -0.2) is 0 Å². The van der Waals surface area contributed by atoms with Gasteiger partial charge >= 0.3 is 0 Å². The molecule has 1 N–H and O–H groups in total. The van der Waals surface area contributed by atoms with Gasteiger partial charge in [-0.15, -0.1) is 5.54 Å². The lowest BCUT2D eigenvalue weighted by atomic mass is 9.97. The number of aliphatic hydroxyl groups is 1. The Labute approximate surface area is 221 Å². The third kappa shape index (κ3) is 6.21. The summed E-state index contributed by atoms with van der Waals surface area (Å²) in [7, 11) is -3.53. The summed E-state index contributed by atoms with van der Waals surface area (Å²) in [5.74, 6) is 9.58. The van der Waals surface area contributed by atoms with Gasteiger partial charge in [0.15, 0.2) is 25.8 Å². The largest absolute Gasteiger partial charge is 0.410 e. The SMILES string of the molecule is CC[Si](C#C[C@H]1O[C@]1(C#CC1=C[C@@H](O[Si](C)(C)C(C)(C)C)C[C@@H]1CO)[C@H]1COC(C)(C)O1)(CC)CC. The third-order valence-electron chi connectivity index (χ3n) is 8.83. The average molecular weight is 533 g/mol. The smallest absolute Gasteiger partial charge is 0.196 e. The normalized spacial score (nSPS) is 31.8. The molecule has 5 nitrogen and oxygen atoms in total. The Bertz CT molecular complexity index is 946. The maximum Gasteiger partial charge on any atom is 0.196 e. The Morgan fingerprint density at radius 2 is 1.75 bits per heavy atom. The van der Waals surface area contributed by atoms with E-state index in [1.54, 1.807) is 0 Å². The molecule has 0 unspecified atom stereocenters. The van der Waals surface area contributed by atoms with E-state index >= 15 is 0 Å². The molecule has 202 valence electrons. The number of ether oxygens (including phenoxy) is 3. The summed E-state index contributed by atoms with van der Waals surface area (Å²) in [5.41, 5.74) is 3.80. The van der Waals surface area contributed by atoms with Crippen molar-refractivity contribution in [3.63, 3.8) is 0 Å². The van der Waals surface area contributed by atoms with E-state index in [2.05, 4.69) is 84.0 Å². The van der Waals surface area contributed by atoms with E-state index in [0.717, 1.165) is 30.1 Å². The zero-order chi connectivity index (χ0) is 27.0. The van der Waals surface area contributed by atoms with E-state index in [1.165, 1.54) is 0 Å². The molecule has 36 heavy (non-hydrogen) atoms. The van der Waals surface area contributed by atoms with Gasteiger partial charge in [0.25, 0.3) is 0 Å². The molecule has 7 heteroatoms. The molecule has 2 saturated heterocycles. The minimum absolute atomic E-state index is 0.0192. The quantitative estimate of drug-likeness (QED) is 0.260. The van der Waals surface area contributed by atoms with E-state index in [-0.39, 0.29) is 35.9 Å². The summed E-state index contributed by atoms with van der Waals surface area (Å²) in [6.45, 7) is 22.4. The van der Waals surface area contributed by atoms with Gasteiger partial charge in [-0.2, -0.15) is 0 Å². The highest BCUT2D eigenvalue weighted by Crippen LogP contribution is 2.45. The van der Waals surface area contributed by atoms with Crippen LogP contribution in [0.25, 0.3) is 0 Å². The molecule has 3 aliphatic rings. The van der Waals surface area contributed by atoms with Crippen molar-refractivity contribution in [3.05, 3.63) is 11.6 Å². The summed E-state index contributed by atoms with van der Waals surface area (Å²) >= 11 is 0. The maximum atomic E-state index is 10.1. The van der Waals surface area contributed by atoms with Gasteiger partial charge < -0.3 is 23.7 Å². The number of rotatable bonds is 7. The molecule has 3 rings (SSSR count). The van der Waals surface area contributed by atoms with Crippen molar-refractivity contribution in [1.29, 1.82) is 0 Å². The fourth-order valence-corrected chi connectivity index (χ4v) is 8.53. The molecule has 0 aromatic carbocycles. The Morgan fingerprint density at radius 3 is 2.25 bits per heavy atom. The molecule has 0 spiro atoms. The van der Waals surface area contributed by atoms with Crippen LogP contribution in [-0.4, -0.2) is 64.4 Å². The number of hydrogen-bond donors (Lipinski definition) is 1. The van der Waals surface area contributed by atoms with Crippen LogP contribution in [0.4, 0.5) is 0 Å². The van der Waals surface area contributed by atoms with Gasteiger partial charge in [0.1, 0.15) is 14.2 Å². The zero-order valence-electron chi connectivity index (χ0n) is 24.2. The highest BCUT2D eigenvalue weighted by Gasteiger charge is 2.64. The molecule has 0 aromatic rings. The second kappa shape index (κ2) is 10.7. The summed E-state index contributed by atoms with van der Waals surface area (Å²) < 4.78 is 25.0. The van der Waals surface area contributed by atoms with E-state index in [4.69, 9.17) is 18.6 Å². The highest BCUT2D eigenvalue weighted by atomic mass is 28.4. The molecule has 0 aromatic heterocycles. The van der Waals surface area contributed by atoms with Crippen LogP contribution in [0.2, 0.25) is 36.3 Å². The van der Waals surface area contributed by atoms with Gasteiger partial charge in [-0.3, -0.25) is 0 Å². The van der Waals surface area contributed by atoms with Gasteiger partial charge in [-0.1, -0.05) is 59.3 Å². The van der Waals surface area contributed by atoms with E-state index in [1.807, 2.05) is 13.8 Å². The van der Waals surface area contributed by atoms with Gasteiger partial charge in [-0.05, 0) is 62.6 Å². The Kier molecular flexibility index (Phi) is 8.81. The first-order chi connectivity index (χ1) is 16.7. The lowest BCUT2D eigenvalue weighted by molar-refractivity contribution is -0.143. The first kappa shape index (κ1) is 29.6. The first-order valence-corrected chi connectivity index (χ1v) is 19.2. The Morgan fingerprint density at radius 1 is 1.11 bits per heavy atom. The van der Waals surface area contributed by atoms with E-state index < -0.39 is 27.8 Å². The maximum absolute atomic E-state index is 10.1. The van der Waals surface area contributed by atoms with Crippen LogP contribution in [0, 0.1) is 29.2 Å². The fourth-order valence-electron chi connectivity index (χ4n) is 4.79. The third-order valence-corrected chi connectivity index (χ3v) is 18.1. The van der Waals surface area contributed by atoms with Gasteiger partial charge in [0.05, 0.1) is 19.3 Å². The molecule has 0 radical (unpaired) electrons. The Hall–Kier alpha value is -0.906. The molecule has 5 atom stereocenters. The zero-order valence-corrected chi connectivity index (χ0v) is 26.2. The summed E-state index contributed by atoms with van der Waals surface area (Å²) in [6, 6.07) is 3.44. The van der Waals surface area contributed by atoms with Crippen LogP contribution in [0.3, 0.4) is 0 Å². The van der Waals surface area contributed by atoms with Crippen molar-refractivity contribution in [3.8, 4) is 23.3 Å². The lowest BCUT2D eigenvalue weighted by Gasteiger charge is -2.38. The van der Waals surface area contributed by atoms with Crippen LogP contribution >= 0.6 is 0 Å². The van der Waals surface area contributed by atoms with Crippen molar-refractivity contribution in [1.82, 2.24) is 0 Å². The second-order valence-corrected chi connectivity index (χ2v) is 22.3. The molecule has 2 heterocycles. The number of hydrogen-bond acceptors (Lipinski definition) is 5. The fraction of sp³-hybridized carbons (Fsp3) is 0.793. The molecule has 1 aliphatic carbocycles. The minimum atomic E-state index is -1.93. The van der Waals surface area contributed by atoms with Crippen molar-refractivity contribution < 1.29 is 23.7 Å². The van der Waals surface area contributed by atoms with Crippen molar-refractivity contribution in [2.75, 3.05) is 13.2 Å². The molecule has 0 saturated carbocycles. The van der Waals surface area contributed by atoms with Crippen LogP contribution in [0.5, 0.6) is 0 Å². The summed E-state index contributed by atoms with van der Waals surface area (Å²) in [5, 5.41) is 10.2. The van der Waals surface area contributed by atoms with E-state index in [0.29, 0.717) is 6.61 Å². The molecular weight excluding hydrogens is 484 g/mol. The summed E-state index contributed by atoms with van der Waals surface area (Å²) in [4.78, 5) is 0. The lowest BCUT2D eigenvalue weighted by Crippen LogP contribution is -2.43. The van der Waals surface area contributed by atoms with Crippen LogP contribution in [0.15, 0.2) is 11.6 Å². The van der Waals surface area contributed by atoms with Gasteiger partial charge in [0, 0.05) is 11.5 Å². The minimum Gasteiger partial charge on any atom is -0.410 e. The summed E-state index contributed by atoms with van der Waals surface area (Å²) in [6.07, 6.45) is 2.28.